The second kappa shape index (κ2) is 4.57. The van der Waals surface area contributed by atoms with E-state index in [2.05, 4.69) is 6.58 Å². The number of aliphatic hydroxyl groups excluding tert-OH is 1. The van der Waals surface area contributed by atoms with Gasteiger partial charge in [0.2, 0.25) is 0 Å². The molecule has 1 heterocycles. The zero-order valence-corrected chi connectivity index (χ0v) is 6.81. The SMILES string of the molecule is C=C[C@@H](O)C/C=C/c1ccco1. The maximum absolute atomic E-state index is 9.09. The van der Waals surface area contributed by atoms with Gasteiger partial charge in [-0.3, -0.25) is 0 Å². The van der Waals surface area contributed by atoms with Crippen molar-refractivity contribution in [3.05, 3.63) is 42.9 Å². The molecule has 1 atom stereocenters. The second-order valence-corrected chi connectivity index (χ2v) is 2.46. The van der Waals surface area contributed by atoms with Gasteiger partial charge in [0, 0.05) is 0 Å². The Morgan fingerprint density at radius 3 is 3.08 bits per heavy atom. The molecule has 1 rings (SSSR count). The van der Waals surface area contributed by atoms with Crippen molar-refractivity contribution < 1.29 is 9.52 Å². The van der Waals surface area contributed by atoms with Crippen LogP contribution in [0.5, 0.6) is 0 Å². The summed E-state index contributed by atoms with van der Waals surface area (Å²) in [4.78, 5) is 0. The highest BCUT2D eigenvalue weighted by Gasteiger charge is 1.92. The van der Waals surface area contributed by atoms with Crippen molar-refractivity contribution in [3.8, 4) is 0 Å². The zero-order chi connectivity index (χ0) is 8.81. The smallest absolute Gasteiger partial charge is 0.126 e. The largest absolute Gasteiger partial charge is 0.465 e. The summed E-state index contributed by atoms with van der Waals surface area (Å²) in [7, 11) is 0. The Kier molecular flexibility index (Phi) is 3.35. The standard InChI is InChI=1S/C10H12O2/c1-2-9(11)5-3-6-10-7-4-8-12-10/h2-4,6-9,11H,1,5H2/b6-3+/t9-/m1/s1. The highest BCUT2D eigenvalue weighted by atomic mass is 16.3. The van der Waals surface area contributed by atoms with Gasteiger partial charge in [-0.05, 0) is 24.6 Å². The Morgan fingerprint density at radius 1 is 1.67 bits per heavy atom. The molecule has 0 bridgehead atoms. The average Bonchev–Trinajstić information content (AvgIpc) is 2.57. The molecule has 1 aromatic heterocycles. The molecule has 0 saturated carbocycles. The first-order chi connectivity index (χ1) is 5.83. The predicted molar refractivity (Wildman–Crippen MR) is 48.6 cm³/mol. The van der Waals surface area contributed by atoms with Gasteiger partial charge >= 0.3 is 0 Å². The van der Waals surface area contributed by atoms with Gasteiger partial charge in [-0.1, -0.05) is 12.2 Å². The third kappa shape index (κ3) is 2.76. The molecule has 1 aromatic rings. The van der Waals surface area contributed by atoms with Crippen LogP contribution in [0.4, 0.5) is 0 Å². The van der Waals surface area contributed by atoms with E-state index in [9.17, 15) is 0 Å². The van der Waals surface area contributed by atoms with E-state index in [0.29, 0.717) is 6.42 Å². The minimum Gasteiger partial charge on any atom is -0.465 e. The van der Waals surface area contributed by atoms with Crippen LogP contribution in [0.15, 0.2) is 41.5 Å². The molecule has 0 aliphatic carbocycles. The number of hydrogen-bond donors (Lipinski definition) is 1. The summed E-state index contributed by atoms with van der Waals surface area (Å²) in [6, 6.07) is 3.68. The van der Waals surface area contributed by atoms with E-state index < -0.39 is 6.10 Å². The quantitative estimate of drug-likeness (QED) is 0.692. The van der Waals surface area contributed by atoms with E-state index in [4.69, 9.17) is 9.52 Å². The lowest BCUT2D eigenvalue weighted by Crippen LogP contribution is -1.97. The summed E-state index contributed by atoms with van der Waals surface area (Å²) in [5.74, 6) is 0.797. The van der Waals surface area contributed by atoms with Crippen LogP contribution >= 0.6 is 0 Å². The fourth-order valence-electron chi connectivity index (χ4n) is 0.806. The zero-order valence-electron chi connectivity index (χ0n) is 6.81. The van der Waals surface area contributed by atoms with Crippen molar-refractivity contribution >= 4 is 6.08 Å². The number of rotatable bonds is 4. The predicted octanol–water partition coefficient (Wildman–Crippen LogP) is 2.23. The molecule has 2 nitrogen and oxygen atoms in total. The topological polar surface area (TPSA) is 33.4 Å². The summed E-state index contributed by atoms with van der Waals surface area (Å²) in [5.41, 5.74) is 0. The first-order valence-electron chi connectivity index (χ1n) is 3.83. The van der Waals surface area contributed by atoms with Gasteiger partial charge < -0.3 is 9.52 Å². The van der Waals surface area contributed by atoms with Gasteiger partial charge in [0.15, 0.2) is 0 Å². The van der Waals surface area contributed by atoms with Gasteiger partial charge in [0.1, 0.15) is 5.76 Å². The van der Waals surface area contributed by atoms with Crippen LogP contribution in [0.3, 0.4) is 0 Å². The van der Waals surface area contributed by atoms with Crippen molar-refractivity contribution in [2.75, 3.05) is 0 Å². The summed E-state index contributed by atoms with van der Waals surface area (Å²) in [6.07, 6.45) is 6.91. The Labute approximate surface area is 71.8 Å². The first-order valence-corrected chi connectivity index (χ1v) is 3.83. The highest BCUT2D eigenvalue weighted by molar-refractivity contribution is 5.41. The van der Waals surface area contributed by atoms with Gasteiger partial charge in [0.05, 0.1) is 12.4 Å². The number of furan rings is 1. The Hall–Kier alpha value is -1.28. The maximum Gasteiger partial charge on any atom is 0.126 e. The number of aliphatic hydroxyl groups is 1. The molecule has 0 aliphatic rings. The minimum absolute atomic E-state index is 0.462. The molecule has 12 heavy (non-hydrogen) atoms. The summed E-state index contributed by atoms with van der Waals surface area (Å²) >= 11 is 0. The molecule has 0 radical (unpaired) electrons. The second-order valence-electron chi connectivity index (χ2n) is 2.46. The molecular formula is C10H12O2. The molecule has 2 heteroatoms. The molecule has 0 aliphatic heterocycles. The fraction of sp³-hybridized carbons (Fsp3) is 0.200. The van der Waals surface area contributed by atoms with Crippen LogP contribution < -0.4 is 0 Å². The maximum atomic E-state index is 9.09. The highest BCUT2D eigenvalue weighted by Crippen LogP contribution is 2.04. The van der Waals surface area contributed by atoms with E-state index in [1.165, 1.54) is 6.08 Å². The lowest BCUT2D eigenvalue weighted by Gasteiger charge is -1.96. The molecule has 0 spiro atoms. The lowest BCUT2D eigenvalue weighted by molar-refractivity contribution is 0.227. The molecular weight excluding hydrogens is 152 g/mol. The van der Waals surface area contributed by atoms with Crippen LogP contribution in [0.25, 0.3) is 6.08 Å². The van der Waals surface area contributed by atoms with E-state index in [-0.39, 0.29) is 0 Å². The molecule has 0 saturated heterocycles. The van der Waals surface area contributed by atoms with Gasteiger partial charge in [-0.15, -0.1) is 6.58 Å². The minimum atomic E-state index is -0.462. The van der Waals surface area contributed by atoms with Crippen molar-refractivity contribution in [3.63, 3.8) is 0 Å². The van der Waals surface area contributed by atoms with E-state index in [1.54, 1.807) is 6.26 Å². The lowest BCUT2D eigenvalue weighted by atomic mass is 10.2. The summed E-state index contributed by atoms with van der Waals surface area (Å²) in [6.45, 7) is 3.47. The molecule has 0 unspecified atom stereocenters. The van der Waals surface area contributed by atoms with Gasteiger partial charge in [-0.2, -0.15) is 0 Å². The van der Waals surface area contributed by atoms with Crippen LogP contribution in [-0.2, 0) is 0 Å². The fourth-order valence-corrected chi connectivity index (χ4v) is 0.806. The van der Waals surface area contributed by atoms with Gasteiger partial charge in [-0.25, -0.2) is 0 Å². The Bertz CT molecular complexity index is 247. The molecule has 1 N–H and O–H groups in total. The summed E-state index contributed by atoms with van der Waals surface area (Å²) < 4.78 is 5.05. The van der Waals surface area contributed by atoms with Crippen LogP contribution in [0, 0.1) is 0 Å². The first kappa shape index (κ1) is 8.81. The normalized spacial score (nSPS) is 13.4. The van der Waals surface area contributed by atoms with Crippen molar-refractivity contribution in [2.24, 2.45) is 0 Å². The molecule has 0 amide bonds. The van der Waals surface area contributed by atoms with Crippen LogP contribution in [-0.4, -0.2) is 11.2 Å². The van der Waals surface area contributed by atoms with Crippen LogP contribution in [0.1, 0.15) is 12.2 Å². The monoisotopic (exact) mass is 164 g/mol. The van der Waals surface area contributed by atoms with Crippen molar-refractivity contribution in [1.82, 2.24) is 0 Å². The van der Waals surface area contributed by atoms with Crippen LogP contribution in [0.2, 0.25) is 0 Å². The van der Waals surface area contributed by atoms with E-state index >= 15 is 0 Å². The summed E-state index contributed by atoms with van der Waals surface area (Å²) in [5, 5.41) is 9.09. The molecule has 64 valence electrons. The third-order valence-electron chi connectivity index (χ3n) is 1.47. The van der Waals surface area contributed by atoms with Crippen molar-refractivity contribution in [2.45, 2.75) is 12.5 Å². The third-order valence-corrected chi connectivity index (χ3v) is 1.47. The Morgan fingerprint density at radius 2 is 2.50 bits per heavy atom. The van der Waals surface area contributed by atoms with E-state index in [1.807, 2.05) is 24.3 Å². The molecule has 0 aromatic carbocycles. The van der Waals surface area contributed by atoms with Gasteiger partial charge in [0.25, 0.3) is 0 Å². The Balaban J connectivity index is 2.36. The van der Waals surface area contributed by atoms with Crippen molar-refractivity contribution in [1.29, 1.82) is 0 Å². The molecule has 0 fully saturated rings. The average molecular weight is 164 g/mol. The number of hydrogen-bond acceptors (Lipinski definition) is 2. The van der Waals surface area contributed by atoms with E-state index in [0.717, 1.165) is 5.76 Å².